The summed E-state index contributed by atoms with van der Waals surface area (Å²) >= 11 is 0. The van der Waals surface area contributed by atoms with Crippen LogP contribution in [0, 0.1) is 0 Å². The molecule has 2 aromatic carbocycles. The lowest BCUT2D eigenvalue weighted by Gasteiger charge is -2.27. The number of carbonyl (C=O) groups excluding carboxylic acids is 1. The Bertz CT molecular complexity index is 986. The van der Waals surface area contributed by atoms with Crippen molar-refractivity contribution in [2.75, 3.05) is 12.4 Å². The molecule has 6 nitrogen and oxygen atoms in total. The molecule has 28 heavy (non-hydrogen) atoms. The van der Waals surface area contributed by atoms with Gasteiger partial charge in [0.15, 0.2) is 0 Å². The molecule has 1 fully saturated rings. The van der Waals surface area contributed by atoms with Crippen molar-refractivity contribution in [3.05, 3.63) is 54.1 Å². The van der Waals surface area contributed by atoms with Crippen molar-refractivity contribution >= 4 is 22.6 Å². The average molecular weight is 379 g/mol. The van der Waals surface area contributed by atoms with Crippen LogP contribution in [0.1, 0.15) is 36.0 Å². The van der Waals surface area contributed by atoms with Crippen molar-refractivity contribution in [3.8, 4) is 11.4 Å². The van der Waals surface area contributed by atoms with Crippen molar-refractivity contribution in [1.82, 2.24) is 4.57 Å². The summed E-state index contributed by atoms with van der Waals surface area (Å²) in [5.41, 5.74) is 7.82. The van der Waals surface area contributed by atoms with E-state index in [0.717, 1.165) is 53.8 Å². The molecular weight excluding hydrogens is 354 g/mol. The maximum Gasteiger partial charge on any atom is 0.248 e. The van der Waals surface area contributed by atoms with Gasteiger partial charge in [-0.3, -0.25) is 9.36 Å². The van der Waals surface area contributed by atoms with Crippen molar-refractivity contribution in [1.29, 1.82) is 0 Å². The van der Waals surface area contributed by atoms with Crippen LogP contribution >= 0.6 is 0 Å². The zero-order valence-electron chi connectivity index (χ0n) is 15.9. The van der Waals surface area contributed by atoms with E-state index in [0.29, 0.717) is 11.6 Å². The number of nitrogens with two attached hydrogens (primary N) is 1. The fourth-order valence-corrected chi connectivity index (χ4v) is 3.97. The molecule has 0 bridgehead atoms. The van der Waals surface area contributed by atoms with E-state index < -0.39 is 5.91 Å². The Hall–Kier alpha value is -2.99. The van der Waals surface area contributed by atoms with Gasteiger partial charge < -0.3 is 20.9 Å². The van der Waals surface area contributed by atoms with Crippen molar-refractivity contribution in [2.24, 2.45) is 5.73 Å². The first-order chi connectivity index (χ1) is 13.6. The second-order valence-corrected chi connectivity index (χ2v) is 7.32. The van der Waals surface area contributed by atoms with Gasteiger partial charge in [-0.05, 0) is 68.1 Å². The van der Waals surface area contributed by atoms with Crippen LogP contribution in [0.25, 0.3) is 16.6 Å². The highest BCUT2D eigenvalue weighted by Gasteiger charge is 2.22. The lowest BCUT2D eigenvalue weighted by molar-refractivity contribution is 0.1000. The Labute approximate surface area is 163 Å². The summed E-state index contributed by atoms with van der Waals surface area (Å²) in [5, 5.41) is 14.5. The minimum atomic E-state index is -0.440. The molecular formula is C22H25N3O3. The molecule has 1 amide bonds. The van der Waals surface area contributed by atoms with E-state index in [-0.39, 0.29) is 6.10 Å². The number of hydrogen-bond acceptors (Lipinski definition) is 4. The number of methoxy groups -OCH3 is 1. The zero-order chi connectivity index (χ0) is 19.7. The number of hydrogen-bond donors (Lipinski definition) is 3. The predicted octanol–water partition coefficient (Wildman–Crippen LogP) is 3.45. The van der Waals surface area contributed by atoms with Gasteiger partial charge in [-0.15, -0.1) is 0 Å². The number of primary amides is 1. The number of ether oxygens (including phenoxy) is 1. The zero-order valence-corrected chi connectivity index (χ0v) is 15.9. The summed E-state index contributed by atoms with van der Waals surface area (Å²) in [6, 6.07) is 15.7. The topological polar surface area (TPSA) is 89.5 Å². The number of benzene rings is 2. The maximum absolute atomic E-state index is 11.4. The molecule has 146 valence electrons. The molecule has 4 rings (SSSR count). The molecule has 0 aliphatic heterocycles. The first-order valence-electron chi connectivity index (χ1n) is 9.60. The quantitative estimate of drug-likeness (QED) is 0.633. The van der Waals surface area contributed by atoms with Gasteiger partial charge in [0, 0.05) is 22.7 Å². The summed E-state index contributed by atoms with van der Waals surface area (Å²) in [5.74, 6) is 1.34. The molecule has 0 saturated heterocycles. The number of aliphatic hydroxyl groups is 1. The number of amides is 1. The maximum atomic E-state index is 11.4. The smallest absolute Gasteiger partial charge is 0.248 e. The molecule has 4 N–H and O–H groups in total. The fraction of sp³-hybridized carbons (Fsp3) is 0.318. The lowest BCUT2D eigenvalue weighted by atomic mass is 9.93. The first kappa shape index (κ1) is 18.4. The largest absolute Gasteiger partial charge is 0.496 e. The Balaban J connectivity index is 1.79. The Kier molecular flexibility index (Phi) is 4.96. The van der Waals surface area contributed by atoms with E-state index in [1.165, 1.54) is 0 Å². The molecule has 1 aromatic heterocycles. The number of anilines is 1. The molecule has 1 heterocycles. The van der Waals surface area contributed by atoms with Gasteiger partial charge in [0.2, 0.25) is 5.91 Å². The molecule has 0 spiro atoms. The lowest BCUT2D eigenvalue weighted by Crippen LogP contribution is -2.28. The third kappa shape index (κ3) is 3.43. The molecule has 1 saturated carbocycles. The number of nitrogens with zero attached hydrogens (tertiary/aromatic N) is 1. The molecule has 6 heteroatoms. The second kappa shape index (κ2) is 7.56. The van der Waals surface area contributed by atoms with E-state index >= 15 is 0 Å². The van der Waals surface area contributed by atoms with E-state index in [2.05, 4.69) is 22.0 Å². The highest BCUT2D eigenvalue weighted by molar-refractivity contribution is 5.94. The van der Waals surface area contributed by atoms with Gasteiger partial charge in [0.25, 0.3) is 0 Å². The predicted molar refractivity (Wildman–Crippen MR) is 110 cm³/mol. The monoisotopic (exact) mass is 379 g/mol. The summed E-state index contributed by atoms with van der Waals surface area (Å²) in [6.07, 6.45) is 3.30. The van der Waals surface area contributed by atoms with Gasteiger partial charge in [0.1, 0.15) is 11.6 Å². The molecule has 1 aliphatic carbocycles. The van der Waals surface area contributed by atoms with Crippen LogP contribution in [0.15, 0.2) is 48.5 Å². The molecule has 0 atom stereocenters. The number of rotatable bonds is 5. The van der Waals surface area contributed by atoms with Gasteiger partial charge in [0.05, 0.1) is 18.7 Å². The standard InChI is InChI=1S/C22H25N3O3/c1-28-20-4-2-3-19-18(20)13-21(24-15-7-11-17(26)12-8-15)25(19)16-9-5-14(6-10-16)22(23)27/h2-6,9-10,13,15,17,24,26H,7-8,11-12H2,1H3,(H2,23,27). The third-order valence-corrected chi connectivity index (χ3v) is 5.48. The van der Waals surface area contributed by atoms with Crippen LogP contribution in [0.3, 0.4) is 0 Å². The first-order valence-corrected chi connectivity index (χ1v) is 9.60. The molecule has 0 radical (unpaired) electrons. The van der Waals surface area contributed by atoms with E-state index in [1.807, 2.05) is 24.3 Å². The van der Waals surface area contributed by atoms with Gasteiger partial charge in [-0.25, -0.2) is 0 Å². The van der Waals surface area contributed by atoms with Gasteiger partial charge in [-0.1, -0.05) is 6.07 Å². The van der Waals surface area contributed by atoms with Crippen LogP contribution in [0.4, 0.5) is 5.82 Å². The fourth-order valence-electron chi connectivity index (χ4n) is 3.97. The van der Waals surface area contributed by atoms with Crippen molar-refractivity contribution in [3.63, 3.8) is 0 Å². The van der Waals surface area contributed by atoms with E-state index in [1.54, 1.807) is 19.2 Å². The third-order valence-electron chi connectivity index (χ3n) is 5.48. The van der Waals surface area contributed by atoms with Crippen molar-refractivity contribution in [2.45, 2.75) is 37.8 Å². The number of nitrogens with one attached hydrogen (secondary N) is 1. The highest BCUT2D eigenvalue weighted by Crippen LogP contribution is 2.35. The Morgan fingerprint density at radius 2 is 1.86 bits per heavy atom. The average Bonchev–Trinajstić information content (AvgIpc) is 3.07. The second-order valence-electron chi connectivity index (χ2n) is 7.32. The van der Waals surface area contributed by atoms with Crippen LogP contribution in [-0.2, 0) is 0 Å². The minimum Gasteiger partial charge on any atom is -0.496 e. The normalized spacial score (nSPS) is 19.5. The number of aliphatic hydroxyl groups excluding tert-OH is 1. The van der Waals surface area contributed by atoms with Crippen molar-refractivity contribution < 1.29 is 14.6 Å². The van der Waals surface area contributed by atoms with E-state index in [9.17, 15) is 9.90 Å². The Morgan fingerprint density at radius 3 is 2.50 bits per heavy atom. The van der Waals surface area contributed by atoms with Gasteiger partial charge >= 0.3 is 0 Å². The molecule has 0 unspecified atom stereocenters. The van der Waals surface area contributed by atoms with Crippen LogP contribution in [0.5, 0.6) is 5.75 Å². The summed E-state index contributed by atoms with van der Waals surface area (Å²) in [6.45, 7) is 0. The van der Waals surface area contributed by atoms with Crippen LogP contribution < -0.4 is 15.8 Å². The van der Waals surface area contributed by atoms with Crippen LogP contribution in [0.2, 0.25) is 0 Å². The van der Waals surface area contributed by atoms with E-state index in [4.69, 9.17) is 10.5 Å². The Morgan fingerprint density at radius 1 is 1.14 bits per heavy atom. The number of aromatic nitrogens is 1. The minimum absolute atomic E-state index is 0.189. The molecule has 3 aromatic rings. The number of fused-ring (bicyclic) bond motifs is 1. The molecule has 1 aliphatic rings. The number of carbonyl (C=O) groups is 1. The highest BCUT2D eigenvalue weighted by atomic mass is 16.5. The SMILES string of the molecule is COc1cccc2c1cc(NC1CCC(O)CC1)n2-c1ccc(C(N)=O)cc1. The van der Waals surface area contributed by atoms with Crippen LogP contribution in [-0.4, -0.2) is 34.8 Å². The summed E-state index contributed by atoms with van der Waals surface area (Å²) in [4.78, 5) is 11.4. The van der Waals surface area contributed by atoms with Gasteiger partial charge in [-0.2, -0.15) is 0 Å². The summed E-state index contributed by atoms with van der Waals surface area (Å²) < 4.78 is 7.68. The summed E-state index contributed by atoms with van der Waals surface area (Å²) in [7, 11) is 1.67.